The van der Waals surface area contributed by atoms with Crippen molar-refractivity contribution in [2.24, 2.45) is 11.8 Å². The molecule has 1 unspecified atom stereocenters. The van der Waals surface area contributed by atoms with Crippen molar-refractivity contribution in [2.45, 2.75) is 36.6 Å². The van der Waals surface area contributed by atoms with Gasteiger partial charge in [0.2, 0.25) is 11.8 Å². The lowest BCUT2D eigenvalue weighted by Crippen LogP contribution is -2.59. The third kappa shape index (κ3) is 4.76. The molecule has 2 amide bonds. The van der Waals surface area contributed by atoms with Crippen molar-refractivity contribution < 1.29 is 33.7 Å². The lowest BCUT2D eigenvalue weighted by Gasteiger charge is -2.39. The summed E-state index contributed by atoms with van der Waals surface area (Å²) in [5, 5.41) is 10.6. The summed E-state index contributed by atoms with van der Waals surface area (Å²) in [6, 6.07) is 7.92. The number of carbonyl (C=O) groups is 3. The molecule has 0 aliphatic carbocycles. The number of fused-ring (bicyclic) bond motifs is 2. The van der Waals surface area contributed by atoms with Gasteiger partial charge in [0.15, 0.2) is 0 Å². The maximum atomic E-state index is 14.4. The number of nitrogens with zero attached hydrogens (tertiary/aromatic N) is 3. The minimum Gasteiger partial charge on any atom is -0.465 e. The molecule has 1 aromatic rings. The van der Waals surface area contributed by atoms with Crippen molar-refractivity contribution in [1.29, 1.82) is 0 Å². The maximum Gasteiger partial charge on any atom is 0.312 e. The van der Waals surface area contributed by atoms with Crippen molar-refractivity contribution in [3.8, 4) is 0 Å². The molecular weight excluding hydrogens is 514 g/mol. The highest BCUT2D eigenvalue weighted by molar-refractivity contribution is 5.99. The Morgan fingerprint density at radius 2 is 1.80 bits per heavy atom. The Morgan fingerprint density at radius 1 is 1.00 bits per heavy atom. The zero-order valence-electron chi connectivity index (χ0n) is 22.6. The summed E-state index contributed by atoms with van der Waals surface area (Å²) >= 11 is 0. The number of rotatable bonds is 7. The second kappa shape index (κ2) is 11.4. The van der Waals surface area contributed by atoms with Crippen molar-refractivity contribution in [3.05, 3.63) is 60.2 Å². The van der Waals surface area contributed by atoms with Crippen LogP contribution in [0.3, 0.4) is 0 Å². The van der Waals surface area contributed by atoms with Crippen LogP contribution in [0.1, 0.15) is 12.0 Å². The molecule has 1 spiro atoms. The molecule has 6 rings (SSSR count). The summed E-state index contributed by atoms with van der Waals surface area (Å²) in [7, 11) is 0. The Morgan fingerprint density at radius 3 is 2.58 bits per heavy atom. The SMILES string of the molecule is O=C1OCCC=C[C@H]2O[C@]34C=CCN(CCN5CCOCC5)C(=O)C3N([C@@H](CO)Cc3ccccc3)C(=O)[C@@H]4[C@@H]12. The number of benzene rings is 1. The molecule has 0 bridgehead atoms. The summed E-state index contributed by atoms with van der Waals surface area (Å²) in [5.41, 5.74) is -0.400. The highest BCUT2D eigenvalue weighted by atomic mass is 16.6. The Kier molecular flexibility index (Phi) is 7.76. The van der Waals surface area contributed by atoms with E-state index in [9.17, 15) is 19.5 Å². The number of carbonyl (C=O) groups excluding carboxylic acids is 3. The van der Waals surface area contributed by atoms with Crippen LogP contribution < -0.4 is 0 Å². The van der Waals surface area contributed by atoms with Crippen LogP contribution in [0.15, 0.2) is 54.6 Å². The molecule has 5 aliphatic rings. The first-order valence-electron chi connectivity index (χ1n) is 14.3. The van der Waals surface area contributed by atoms with E-state index < -0.39 is 41.6 Å². The highest BCUT2D eigenvalue weighted by Crippen LogP contribution is 2.53. The topological polar surface area (TPSA) is 109 Å². The molecule has 5 aliphatic heterocycles. The molecule has 3 saturated heterocycles. The summed E-state index contributed by atoms with van der Waals surface area (Å²) in [6.07, 6.45) is 7.71. The van der Waals surface area contributed by atoms with Gasteiger partial charge in [-0.05, 0) is 18.4 Å². The molecule has 0 saturated carbocycles. The summed E-state index contributed by atoms with van der Waals surface area (Å²) in [5.74, 6) is -2.87. The largest absolute Gasteiger partial charge is 0.465 e. The first-order valence-corrected chi connectivity index (χ1v) is 14.3. The van der Waals surface area contributed by atoms with E-state index in [-0.39, 0.29) is 25.0 Å². The second-order valence-corrected chi connectivity index (χ2v) is 11.1. The smallest absolute Gasteiger partial charge is 0.312 e. The third-order valence-corrected chi connectivity index (χ3v) is 8.85. The molecule has 40 heavy (non-hydrogen) atoms. The molecule has 214 valence electrons. The monoisotopic (exact) mass is 551 g/mol. The predicted octanol–water partition coefficient (Wildman–Crippen LogP) is 0.405. The fourth-order valence-electron chi connectivity index (χ4n) is 6.91. The lowest BCUT2D eigenvalue weighted by atomic mass is 9.77. The Labute approximate surface area is 234 Å². The first-order chi connectivity index (χ1) is 19.5. The highest BCUT2D eigenvalue weighted by Gasteiger charge is 2.72. The fourth-order valence-corrected chi connectivity index (χ4v) is 6.91. The van der Waals surface area contributed by atoms with Gasteiger partial charge >= 0.3 is 5.97 Å². The summed E-state index contributed by atoms with van der Waals surface area (Å²) < 4.78 is 17.6. The van der Waals surface area contributed by atoms with Gasteiger partial charge in [-0.3, -0.25) is 19.3 Å². The van der Waals surface area contributed by atoms with Crippen LogP contribution >= 0.6 is 0 Å². The van der Waals surface area contributed by atoms with Crippen molar-refractivity contribution in [1.82, 2.24) is 14.7 Å². The van der Waals surface area contributed by atoms with E-state index in [1.165, 1.54) is 4.90 Å². The molecular formula is C30H37N3O7. The molecule has 10 nitrogen and oxygen atoms in total. The van der Waals surface area contributed by atoms with Gasteiger partial charge in [0.25, 0.3) is 0 Å². The minimum absolute atomic E-state index is 0.229. The van der Waals surface area contributed by atoms with E-state index in [2.05, 4.69) is 4.90 Å². The quantitative estimate of drug-likeness (QED) is 0.384. The van der Waals surface area contributed by atoms with Crippen LogP contribution in [0.25, 0.3) is 0 Å². The number of cyclic esters (lactones) is 1. The van der Waals surface area contributed by atoms with Crippen LogP contribution in [0.5, 0.6) is 0 Å². The van der Waals surface area contributed by atoms with Gasteiger partial charge in [0.05, 0.1) is 44.5 Å². The minimum atomic E-state index is -1.34. The van der Waals surface area contributed by atoms with Gasteiger partial charge in [0.1, 0.15) is 17.6 Å². The van der Waals surface area contributed by atoms with E-state index in [4.69, 9.17) is 14.2 Å². The number of morpholine rings is 1. The van der Waals surface area contributed by atoms with Crippen LogP contribution in [-0.2, 0) is 35.0 Å². The average Bonchev–Trinajstić information content (AvgIpc) is 3.36. The normalized spacial score (nSPS) is 33.1. The number of esters is 1. The standard InChI is InChI=1S/C30H37N3O7/c34-20-22(19-21-7-2-1-3-8-21)33-26-28(36)32(13-12-31-14-17-38-18-15-31)11-6-10-30(26)25(27(33)35)24-23(40-30)9-4-5-16-39-29(24)37/h1-4,6-10,22-26,34H,5,11-20H2/t22-,23-,24+,25+,26?,30+/m1/s1. The van der Waals surface area contributed by atoms with Gasteiger partial charge in [-0.15, -0.1) is 0 Å². The molecule has 6 atom stereocenters. The van der Waals surface area contributed by atoms with E-state index >= 15 is 0 Å². The third-order valence-electron chi connectivity index (χ3n) is 8.85. The van der Waals surface area contributed by atoms with E-state index in [0.29, 0.717) is 45.7 Å². The van der Waals surface area contributed by atoms with Gasteiger partial charge < -0.3 is 29.1 Å². The lowest BCUT2D eigenvalue weighted by molar-refractivity contribution is -0.156. The van der Waals surface area contributed by atoms with E-state index in [1.807, 2.05) is 54.6 Å². The molecule has 0 radical (unpaired) electrons. The molecule has 3 fully saturated rings. The van der Waals surface area contributed by atoms with E-state index in [0.717, 1.165) is 18.7 Å². The van der Waals surface area contributed by atoms with Gasteiger partial charge in [-0.1, -0.05) is 54.6 Å². The molecule has 0 aromatic heterocycles. The molecule has 1 N–H and O–H groups in total. The Balaban J connectivity index is 1.37. The van der Waals surface area contributed by atoms with E-state index in [1.54, 1.807) is 4.90 Å². The van der Waals surface area contributed by atoms with Gasteiger partial charge in [-0.25, -0.2) is 0 Å². The second-order valence-electron chi connectivity index (χ2n) is 11.1. The van der Waals surface area contributed by atoms with Crippen molar-refractivity contribution >= 4 is 17.8 Å². The Hall–Kier alpha value is -3.05. The maximum absolute atomic E-state index is 14.4. The summed E-state index contributed by atoms with van der Waals surface area (Å²) in [4.78, 5) is 47.6. The first kappa shape index (κ1) is 27.1. The number of hydrogen-bond acceptors (Lipinski definition) is 8. The van der Waals surface area contributed by atoms with Crippen molar-refractivity contribution in [2.75, 3.05) is 59.2 Å². The zero-order chi connectivity index (χ0) is 27.7. The number of aliphatic hydroxyl groups is 1. The van der Waals surface area contributed by atoms with Crippen LogP contribution in [-0.4, -0.2) is 121 Å². The zero-order valence-corrected chi connectivity index (χ0v) is 22.6. The van der Waals surface area contributed by atoms with Crippen molar-refractivity contribution in [3.63, 3.8) is 0 Å². The number of aliphatic hydroxyl groups excluding tert-OH is 1. The van der Waals surface area contributed by atoms with Crippen LogP contribution in [0.2, 0.25) is 0 Å². The molecule has 1 aromatic carbocycles. The fraction of sp³-hybridized carbons (Fsp3) is 0.567. The van der Waals surface area contributed by atoms with Crippen LogP contribution in [0, 0.1) is 11.8 Å². The number of amides is 2. The average molecular weight is 552 g/mol. The molecule has 10 heteroatoms. The van der Waals surface area contributed by atoms with Crippen LogP contribution in [0.4, 0.5) is 0 Å². The number of hydrogen-bond donors (Lipinski definition) is 1. The van der Waals surface area contributed by atoms with Gasteiger partial charge in [-0.2, -0.15) is 0 Å². The molecule has 5 heterocycles. The summed E-state index contributed by atoms with van der Waals surface area (Å²) in [6.45, 7) is 4.40. The Bertz CT molecular complexity index is 1170. The number of ether oxygens (including phenoxy) is 3. The predicted molar refractivity (Wildman–Crippen MR) is 144 cm³/mol. The number of likely N-dealkylation sites (tertiary alicyclic amines) is 1. The van der Waals surface area contributed by atoms with Gasteiger partial charge in [0, 0.05) is 32.7 Å².